The summed E-state index contributed by atoms with van der Waals surface area (Å²) in [5.74, 6) is 10.8. The summed E-state index contributed by atoms with van der Waals surface area (Å²) in [4.78, 5) is 0. The van der Waals surface area contributed by atoms with Crippen LogP contribution in [0.2, 0.25) is 0 Å². The summed E-state index contributed by atoms with van der Waals surface area (Å²) < 4.78 is 0. The van der Waals surface area contributed by atoms with Crippen LogP contribution in [0.4, 0.5) is 0 Å². The normalized spacial score (nSPS) is 7.47. The Kier molecular flexibility index (Phi) is 29.2. The predicted octanol–water partition coefficient (Wildman–Crippen LogP) is 8.40. The van der Waals surface area contributed by atoms with E-state index in [9.17, 15) is 0 Å². The van der Waals surface area contributed by atoms with Crippen molar-refractivity contribution < 1.29 is 39.0 Å². The third-order valence-electron chi connectivity index (χ3n) is 5.62. The van der Waals surface area contributed by atoms with Crippen LogP contribution in [-0.4, -0.2) is 0 Å². The van der Waals surface area contributed by atoms with E-state index in [1.165, 1.54) is 55.6 Å². The van der Waals surface area contributed by atoms with Gasteiger partial charge in [-0.15, -0.1) is 10.8 Å². The van der Waals surface area contributed by atoms with Crippen LogP contribution in [0.1, 0.15) is 55.6 Å². The van der Waals surface area contributed by atoms with Crippen molar-refractivity contribution in [3.05, 3.63) is 92.3 Å². The van der Waals surface area contributed by atoms with E-state index in [0.29, 0.717) is 0 Å². The molecule has 0 unspecified atom stereocenters. The van der Waals surface area contributed by atoms with Gasteiger partial charge < -0.3 is 42.7 Å². The average Bonchev–Trinajstić information content (AvgIpc) is 2.87. The molecular weight excluding hydrogens is 554 g/mol. The summed E-state index contributed by atoms with van der Waals surface area (Å²) in [5, 5.41) is 17.2. The number of hydrogen-bond donors (Lipinski definition) is 0. The monoisotopic (exact) mass is 592 g/mol. The molecule has 0 bridgehead atoms. The zero-order chi connectivity index (χ0) is 21.2. The molecule has 2 N–H and O–H groups in total. The van der Waals surface area contributed by atoms with Crippen molar-refractivity contribution >= 4 is 0 Å². The smallest absolute Gasteiger partial charge is 0.0800 e. The molecule has 8 heteroatoms. The summed E-state index contributed by atoms with van der Waals surface area (Å²) in [6.07, 6.45) is 0. The van der Waals surface area contributed by atoms with E-state index >= 15 is 0 Å². The number of hydrogen-bond acceptors (Lipinski definition) is 2. The first-order chi connectivity index (χ1) is 11.9. The van der Waals surface area contributed by atoms with Crippen molar-refractivity contribution in [1.29, 1.82) is 10.8 Å². The van der Waals surface area contributed by atoms with Crippen molar-refractivity contribution in [2.24, 2.45) is 0 Å². The molecular formula is C22H38N6Rh2-8. The molecule has 30 heavy (non-hydrogen) atoms. The van der Waals surface area contributed by atoms with Gasteiger partial charge in [0, 0.05) is 39.0 Å². The van der Waals surface area contributed by atoms with Gasteiger partial charge in [0.25, 0.3) is 0 Å². The van der Waals surface area contributed by atoms with E-state index in [0.717, 1.165) is 0 Å². The van der Waals surface area contributed by atoms with E-state index in [1.807, 2.05) is 0 Å². The molecule has 0 saturated carbocycles. The van der Waals surface area contributed by atoms with Gasteiger partial charge in [-0.2, -0.15) is 27.8 Å². The van der Waals surface area contributed by atoms with Gasteiger partial charge in [-0.05, 0) is 0 Å². The zero-order valence-electron chi connectivity index (χ0n) is 20.5. The van der Waals surface area contributed by atoms with E-state index in [-0.39, 0.29) is 53.8 Å². The third kappa shape index (κ3) is 11.5. The first kappa shape index (κ1) is 42.5. The van der Waals surface area contributed by atoms with E-state index in [2.05, 4.69) is 69.2 Å². The molecule has 2 rings (SSSR count). The Morgan fingerprint density at radius 1 is 0.567 bits per heavy atom. The van der Waals surface area contributed by atoms with Gasteiger partial charge in [0.05, 0.1) is 10.2 Å². The van der Waals surface area contributed by atoms with Gasteiger partial charge in [-0.3, -0.25) is 0 Å². The Morgan fingerprint density at radius 2 is 0.700 bits per heavy atom. The van der Waals surface area contributed by atoms with Gasteiger partial charge in [0.1, 0.15) is 0 Å². The van der Waals surface area contributed by atoms with Crippen molar-refractivity contribution in [2.45, 2.75) is 69.2 Å². The maximum Gasteiger partial charge on any atom is 0.0800 e. The Bertz CT molecular complexity index is 577. The average molecular weight is 592 g/mol. The van der Waals surface area contributed by atoms with Gasteiger partial charge in [0.2, 0.25) is 0 Å². The second-order valence-electron chi connectivity index (χ2n) is 6.45. The topological polar surface area (TPSA) is 104 Å². The SMILES string of the molecule is C[c-]1[c-](C)[c-](C)[c-](C)[c-]1C.Cc1c(C)c(C)[c-](C)c1C.N#[N+][NH-].N#[N+][NH-].[CH3-].[CH3-].[Rh].[Rh]. The fourth-order valence-electron chi connectivity index (χ4n) is 2.81. The Balaban J connectivity index is -0.0000000689. The predicted molar refractivity (Wildman–Crippen MR) is 123 cm³/mol. The Labute approximate surface area is 210 Å². The number of nitrogens with zero attached hydrogens (tertiary/aromatic N) is 4. The van der Waals surface area contributed by atoms with Crippen LogP contribution in [0.25, 0.3) is 21.9 Å². The van der Waals surface area contributed by atoms with Crippen LogP contribution >= 0.6 is 0 Å². The quantitative estimate of drug-likeness (QED) is 0.133. The minimum Gasteiger partial charge on any atom is -0.731 e. The molecule has 0 atom stereocenters. The molecule has 2 aromatic carbocycles. The maximum atomic E-state index is 6.86. The van der Waals surface area contributed by atoms with Crippen LogP contribution < -0.4 is 0 Å². The minimum absolute atomic E-state index is 0. The second kappa shape index (κ2) is 20.7. The number of rotatable bonds is 0. The molecule has 6 nitrogen and oxygen atoms in total. The number of diazo groups is 2. The molecule has 0 aliphatic carbocycles. The molecule has 0 aliphatic heterocycles. The molecule has 0 amide bonds. The van der Waals surface area contributed by atoms with E-state index in [4.69, 9.17) is 22.5 Å². The molecule has 0 aliphatic rings. The molecule has 2 radical (unpaired) electrons. The van der Waals surface area contributed by atoms with Crippen LogP contribution in [0.5, 0.6) is 0 Å². The Hall–Kier alpha value is -1.61. The fraction of sp³-hybridized carbons (Fsp3) is 0.455. The standard InChI is InChI=1S/2C10H15.2CH3.2HN3.2Rh/c2*1-6-7(2)9(4)10(5)8(6)3;;;2*1-3-2;;/h2*1-5H3;2*1H3;2*1H;;/q-5;3*-1;;;;. The van der Waals surface area contributed by atoms with Crippen LogP contribution in [0, 0.1) is 94.9 Å². The van der Waals surface area contributed by atoms with Crippen LogP contribution in [0.3, 0.4) is 0 Å². The molecule has 182 valence electrons. The number of nitrogens with one attached hydrogen (secondary N) is 2. The molecule has 0 heterocycles. The van der Waals surface area contributed by atoms with Gasteiger partial charge in [-0.25, -0.2) is 34.6 Å². The summed E-state index contributed by atoms with van der Waals surface area (Å²) in [6, 6.07) is 0. The summed E-state index contributed by atoms with van der Waals surface area (Å²) >= 11 is 0. The zero-order valence-corrected chi connectivity index (χ0v) is 23.7. The van der Waals surface area contributed by atoms with Crippen LogP contribution in [-0.2, 0) is 39.0 Å². The molecule has 0 fully saturated rings. The third-order valence-corrected chi connectivity index (χ3v) is 5.62. The van der Waals surface area contributed by atoms with E-state index in [1.54, 1.807) is 10.2 Å². The molecule has 0 aromatic heterocycles. The van der Waals surface area contributed by atoms with E-state index < -0.39 is 0 Å². The first-order valence-corrected chi connectivity index (χ1v) is 8.35. The second-order valence-corrected chi connectivity index (χ2v) is 6.45. The fourth-order valence-corrected chi connectivity index (χ4v) is 2.81. The largest absolute Gasteiger partial charge is 0.731 e. The minimum atomic E-state index is 0. The van der Waals surface area contributed by atoms with Gasteiger partial charge in [-0.1, -0.05) is 46.3 Å². The summed E-state index contributed by atoms with van der Waals surface area (Å²) in [5.41, 5.74) is 14.7. The molecule has 0 spiro atoms. The van der Waals surface area contributed by atoms with Gasteiger partial charge in [0.15, 0.2) is 0 Å². The Morgan fingerprint density at radius 3 is 0.767 bits per heavy atom. The van der Waals surface area contributed by atoms with Gasteiger partial charge >= 0.3 is 0 Å². The van der Waals surface area contributed by atoms with Crippen LogP contribution in [0.15, 0.2) is 0 Å². The van der Waals surface area contributed by atoms with Crippen molar-refractivity contribution in [1.82, 2.24) is 0 Å². The maximum absolute atomic E-state index is 6.86. The first-order valence-electron chi connectivity index (χ1n) is 8.35. The molecule has 2 aromatic rings. The summed E-state index contributed by atoms with van der Waals surface area (Å²) in [6.45, 7) is 22.0. The van der Waals surface area contributed by atoms with Crippen molar-refractivity contribution in [3.63, 3.8) is 0 Å². The summed E-state index contributed by atoms with van der Waals surface area (Å²) in [7, 11) is 0. The molecule has 0 saturated heterocycles. The van der Waals surface area contributed by atoms with Crippen molar-refractivity contribution in [2.75, 3.05) is 0 Å². The van der Waals surface area contributed by atoms with Crippen molar-refractivity contribution in [3.8, 4) is 0 Å².